The lowest BCUT2D eigenvalue weighted by Gasteiger charge is -2.30. The van der Waals surface area contributed by atoms with Gasteiger partial charge in [0.15, 0.2) is 0 Å². The van der Waals surface area contributed by atoms with Gasteiger partial charge in [0.1, 0.15) is 29.3 Å². The largest absolute Gasteiger partial charge is 0.507 e. The van der Waals surface area contributed by atoms with Crippen molar-refractivity contribution in [3.05, 3.63) is 72.6 Å². The summed E-state index contributed by atoms with van der Waals surface area (Å²) in [5, 5.41) is 10.0. The highest BCUT2D eigenvalue weighted by atomic mass is 19.1. The van der Waals surface area contributed by atoms with Gasteiger partial charge in [-0.05, 0) is 36.4 Å². The Morgan fingerprint density at radius 1 is 1.08 bits per heavy atom. The van der Waals surface area contributed by atoms with Crippen LogP contribution in [0.15, 0.2) is 60.9 Å². The fourth-order valence-corrected chi connectivity index (χ4v) is 3.14. The van der Waals surface area contributed by atoms with Crippen LogP contribution < -0.4 is 4.48 Å². The minimum absolute atomic E-state index is 0.0270. The van der Waals surface area contributed by atoms with Gasteiger partial charge in [-0.3, -0.25) is 4.57 Å². The third-order valence-electron chi connectivity index (χ3n) is 4.47. The topological polar surface area (TPSA) is 38.0 Å². The molecule has 1 N–H and O–H groups in total. The number of halogens is 2. The van der Waals surface area contributed by atoms with Gasteiger partial charge in [0, 0.05) is 23.9 Å². The average Bonchev–Trinajstić information content (AvgIpc) is 3.03. The maximum Gasteiger partial charge on any atom is 0.319 e. The molecule has 4 rings (SSSR count). The van der Waals surface area contributed by atoms with Crippen LogP contribution in [0.25, 0.3) is 11.3 Å². The smallest absolute Gasteiger partial charge is 0.319 e. The number of nitrogens with zero attached hydrogens (tertiary/aromatic N) is 3. The van der Waals surface area contributed by atoms with Crippen LogP contribution in [0.4, 0.5) is 20.4 Å². The molecule has 0 fully saturated rings. The van der Waals surface area contributed by atoms with Crippen molar-refractivity contribution in [1.82, 2.24) is 14.0 Å². The quantitative estimate of drug-likeness (QED) is 0.705. The van der Waals surface area contributed by atoms with Crippen molar-refractivity contribution >= 4 is 11.6 Å². The van der Waals surface area contributed by atoms with Gasteiger partial charge in [-0.15, -0.1) is 0 Å². The Balaban J connectivity index is 1.85. The van der Waals surface area contributed by atoms with E-state index < -0.39 is 5.82 Å². The van der Waals surface area contributed by atoms with Gasteiger partial charge in [0.2, 0.25) is 0 Å². The number of hydrogen-bond acceptors (Lipinski definition) is 2. The minimum atomic E-state index is -0.437. The number of phenolic OH excluding ortho intramolecular Hbond substituents is 1. The maximum atomic E-state index is 13.6. The molecule has 6 heteroatoms. The summed E-state index contributed by atoms with van der Waals surface area (Å²) in [6.45, 7) is 0.618. The van der Waals surface area contributed by atoms with Gasteiger partial charge >= 0.3 is 5.95 Å². The molecule has 2 heterocycles. The molecular weight excluding hydrogens is 324 g/mol. The lowest BCUT2D eigenvalue weighted by Crippen LogP contribution is -2.38. The zero-order valence-electron chi connectivity index (χ0n) is 13.5. The fourth-order valence-electron chi connectivity index (χ4n) is 3.14. The number of aromatic nitrogens is 2. The van der Waals surface area contributed by atoms with Gasteiger partial charge < -0.3 is 5.11 Å². The van der Waals surface area contributed by atoms with E-state index in [0.717, 1.165) is 5.69 Å². The fraction of sp³-hybridized carbons (Fsp3) is 0.105. The number of quaternary nitrogens is 1. The second-order valence-corrected chi connectivity index (χ2v) is 6.18. The van der Waals surface area contributed by atoms with Gasteiger partial charge in [-0.25, -0.2) is 13.3 Å². The first-order chi connectivity index (χ1) is 12.0. The second-order valence-electron chi connectivity index (χ2n) is 6.18. The van der Waals surface area contributed by atoms with Crippen molar-refractivity contribution in [2.24, 2.45) is 0 Å². The predicted molar refractivity (Wildman–Crippen MR) is 92.2 cm³/mol. The Labute approximate surface area is 143 Å². The van der Waals surface area contributed by atoms with E-state index in [1.54, 1.807) is 18.3 Å². The van der Waals surface area contributed by atoms with Crippen LogP contribution >= 0.6 is 0 Å². The molecule has 1 aliphatic rings. The number of fused-ring (bicyclic) bond motifs is 1. The summed E-state index contributed by atoms with van der Waals surface area (Å²) in [5.74, 6) is -0.0636. The average molecular weight is 340 g/mol. The molecule has 2 aromatic carbocycles. The molecule has 0 amide bonds. The molecule has 1 aliphatic heterocycles. The van der Waals surface area contributed by atoms with Crippen LogP contribution in [0.2, 0.25) is 0 Å². The molecule has 126 valence electrons. The number of imidazole rings is 1. The van der Waals surface area contributed by atoms with Crippen LogP contribution in [0.1, 0.15) is 0 Å². The number of benzene rings is 2. The molecule has 0 spiro atoms. The summed E-state index contributed by atoms with van der Waals surface area (Å²) in [6, 6.07) is 10.0. The molecular formula is C19H16F2N3O+. The Hall–Kier alpha value is -2.99. The zero-order chi connectivity index (χ0) is 17.6. The van der Waals surface area contributed by atoms with Crippen LogP contribution in [-0.4, -0.2) is 21.7 Å². The highest BCUT2D eigenvalue weighted by molar-refractivity contribution is 5.69. The summed E-state index contributed by atoms with van der Waals surface area (Å²) >= 11 is 0. The Morgan fingerprint density at radius 2 is 1.80 bits per heavy atom. The van der Waals surface area contributed by atoms with Gasteiger partial charge in [0.25, 0.3) is 0 Å². The number of hydrogen-bond donors (Lipinski definition) is 1. The van der Waals surface area contributed by atoms with E-state index >= 15 is 0 Å². The SMILES string of the molecule is C[N+]1(c2ccc(F)cc2)C=CCn2cc(-c3cc(F)ccc3O)nc21. The maximum absolute atomic E-state index is 13.6. The predicted octanol–water partition coefficient (Wildman–Crippen LogP) is 4.33. The molecule has 0 aliphatic carbocycles. The molecule has 0 radical (unpaired) electrons. The Morgan fingerprint density at radius 3 is 2.56 bits per heavy atom. The standard InChI is InChI=1S/C19H15F2N3O/c1-24(15-6-3-13(20)4-7-15)10-2-9-23-12-17(22-19(23)24)16-11-14(21)5-8-18(16)25/h2-8,10-12H,9H2,1H3/p+1. The summed E-state index contributed by atoms with van der Waals surface area (Å²) in [6.07, 6.45) is 5.76. The van der Waals surface area contributed by atoms with E-state index in [0.29, 0.717) is 23.8 Å². The van der Waals surface area contributed by atoms with E-state index in [2.05, 4.69) is 4.98 Å². The van der Waals surface area contributed by atoms with E-state index in [1.165, 1.54) is 30.3 Å². The molecule has 25 heavy (non-hydrogen) atoms. The first-order valence-corrected chi connectivity index (χ1v) is 7.84. The highest BCUT2D eigenvalue weighted by Gasteiger charge is 2.34. The summed E-state index contributed by atoms with van der Waals surface area (Å²) < 4.78 is 29.0. The van der Waals surface area contributed by atoms with Crippen LogP contribution in [0.5, 0.6) is 5.75 Å². The van der Waals surface area contributed by atoms with Crippen LogP contribution in [0, 0.1) is 11.6 Å². The normalized spacial score (nSPS) is 19.0. The van der Waals surface area contributed by atoms with Gasteiger partial charge in [-0.1, -0.05) is 0 Å². The lowest BCUT2D eigenvalue weighted by molar-refractivity contribution is 0.475. The van der Waals surface area contributed by atoms with E-state index in [9.17, 15) is 13.9 Å². The lowest BCUT2D eigenvalue weighted by atomic mass is 10.1. The Kier molecular flexibility index (Phi) is 3.43. The van der Waals surface area contributed by atoms with Crippen molar-refractivity contribution in [2.45, 2.75) is 6.54 Å². The number of phenols is 1. The first kappa shape index (κ1) is 15.5. The Bertz CT molecular complexity index is 979. The zero-order valence-corrected chi connectivity index (χ0v) is 13.5. The van der Waals surface area contributed by atoms with E-state index in [-0.39, 0.29) is 16.0 Å². The first-order valence-electron chi connectivity index (χ1n) is 7.84. The minimum Gasteiger partial charge on any atom is -0.507 e. The number of aromatic hydroxyl groups is 1. The summed E-state index contributed by atoms with van der Waals surface area (Å²) in [5.41, 5.74) is 1.67. The molecule has 1 unspecified atom stereocenters. The van der Waals surface area contributed by atoms with Crippen molar-refractivity contribution in [3.63, 3.8) is 0 Å². The van der Waals surface area contributed by atoms with Gasteiger partial charge in [-0.2, -0.15) is 4.98 Å². The molecule has 3 aromatic rings. The molecule has 1 atom stereocenters. The molecule has 4 nitrogen and oxygen atoms in total. The van der Waals surface area contributed by atoms with Crippen molar-refractivity contribution in [2.75, 3.05) is 7.05 Å². The number of allylic oxidation sites excluding steroid dienone is 1. The summed E-state index contributed by atoms with van der Waals surface area (Å²) in [7, 11) is 1.94. The molecule has 0 saturated heterocycles. The third kappa shape index (κ3) is 2.51. The van der Waals surface area contributed by atoms with Crippen LogP contribution in [0.3, 0.4) is 0 Å². The number of rotatable bonds is 2. The van der Waals surface area contributed by atoms with E-state index in [1.807, 2.05) is 23.9 Å². The molecule has 0 saturated carbocycles. The molecule has 0 bridgehead atoms. The van der Waals surface area contributed by atoms with Crippen molar-refractivity contribution in [3.8, 4) is 17.0 Å². The van der Waals surface area contributed by atoms with Gasteiger partial charge in [0.05, 0.1) is 19.3 Å². The highest BCUT2D eigenvalue weighted by Crippen LogP contribution is 2.38. The summed E-state index contributed by atoms with van der Waals surface area (Å²) in [4.78, 5) is 4.64. The van der Waals surface area contributed by atoms with E-state index in [4.69, 9.17) is 0 Å². The van der Waals surface area contributed by atoms with Crippen LogP contribution in [-0.2, 0) is 6.54 Å². The third-order valence-corrected chi connectivity index (χ3v) is 4.47. The van der Waals surface area contributed by atoms with Crippen molar-refractivity contribution in [1.29, 1.82) is 0 Å². The second kappa shape index (κ2) is 5.53. The molecule has 1 aromatic heterocycles. The monoisotopic (exact) mass is 340 g/mol. The van der Waals surface area contributed by atoms with Crippen molar-refractivity contribution < 1.29 is 13.9 Å².